The first kappa shape index (κ1) is 14.0. The Morgan fingerprint density at radius 2 is 1.95 bits per heavy atom. The Balaban J connectivity index is 2.46. The topological polar surface area (TPSA) is 43.4 Å². The van der Waals surface area contributed by atoms with Gasteiger partial charge in [-0.3, -0.25) is 9.00 Å². The van der Waals surface area contributed by atoms with Crippen molar-refractivity contribution in [3.05, 3.63) is 42.5 Å². The Morgan fingerprint density at radius 1 is 1.37 bits per heavy atom. The first-order chi connectivity index (χ1) is 8.90. The van der Waals surface area contributed by atoms with Gasteiger partial charge in [-0.15, -0.1) is 0 Å². The van der Waals surface area contributed by atoms with Crippen LogP contribution in [0.4, 0.5) is 0 Å². The van der Waals surface area contributed by atoms with E-state index in [-0.39, 0.29) is 0 Å². The maximum absolute atomic E-state index is 12.8. The second-order valence-electron chi connectivity index (χ2n) is 5.19. The molecular formula is C15H18O3S. The van der Waals surface area contributed by atoms with Crippen molar-refractivity contribution in [1.29, 1.82) is 0 Å². The molecule has 1 aliphatic carbocycles. The van der Waals surface area contributed by atoms with Gasteiger partial charge in [-0.05, 0) is 25.5 Å². The molecule has 1 unspecified atom stereocenters. The van der Waals surface area contributed by atoms with Crippen molar-refractivity contribution >= 4 is 16.8 Å². The van der Waals surface area contributed by atoms with Crippen LogP contribution in [0, 0.1) is 5.41 Å². The fraction of sp³-hybridized carbons (Fsp3) is 0.400. The number of hydrogen-bond acceptors (Lipinski definition) is 3. The van der Waals surface area contributed by atoms with Crippen molar-refractivity contribution in [3.63, 3.8) is 0 Å². The molecule has 1 fully saturated rings. The van der Waals surface area contributed by atoms with E-state index in [1.165, 1.54) is 7.11 Å². The molecule has 19 heavy (non-hydrogen) atoms. The van der Waals surface area contributed by atoms with E-state index < -0.39 is 26.9 Å². The maximum atomic E-state index is 12.8. The predicted octanol–water partition coefficient (Wildman–Crippen LogP) is 2.69. The molecule has 0 amide bonds. The maximum Gasteiger partial charge on any atom is 0.325 e. The molecule has 0 bridgehead atoms. The number of rotatable bonds is 4. The molecule has 0 spiro atoms. The van der Waals surface area contributed by atoms with Crippen LogP contribution >= 0.6 is 0 Å². The molecule has 1 aromatic carbocycles. The summed E-state index contributed by atoms with van der Waals surface area (Å²) in [4.78, 5) is 12.8. The number of benzene rings is 1. The van der Waals surface area contributed by atoms with Gasteiger partial charge in [-0.25, -0.2) is 0 Å². The average Bonchev–Trinajstić information content (AvgIpc) is 3.07. The third-order valence-electron chi connectivity index (χ3n) is 4.10. The number of carbonyl (C=O) groups is 1. The fourth-order valence-corrected chi connectivity index (χ4v) is 4.55. The zero-order valence-corrected chi connectivity index (χ0v) is 12.3. The summed E-state index contributed by atoms with van der Waals surface area (Å²) in [5.74, 6) is -0.416. The molecule has 3 nitrogen and oxygen atoms in total. The lowest BCUT2D eigenvalue weighted by Gasteiger charge is -2.20. The van der Waals surface area contributed by atoms with Crippen LogP contribution in [0.2, 0.25) is 0 Å². The highest BCUT2D eigenvalue weighted by Crippen LogP contribution is 2.65. The zero-order valence-electron chi connectivity index (χ0n) is 11.4. The lowest BCUT2D eigenvalue weighted by atomic mass is 9.98. The van der Waals surface area contributed by atoms with Gasteiger partial charge in [0.25, 0.3) is 0 Å². The van der Waals surface area contributed by atoms with Gasteiger partial charge in [-0.2, -0.15) is 0 Å². The molecule has 2 rings (SSSR count). The largest absolute Gasteiger partial charge is 0.468 e. The van der Waals surface area contributed by atoms with E-state index in [0.717, 1.165) is 5.57 Å². The standard InChI is InChI=1S/C15H18O3S/c1-11(2)14(3)10-15(14,13(16)18-4)19(17)12-8-6-5-7-9-12/h5-9H,1,10H2,2-4H3/t14-,15-,19?/m1/s1. The van der Waals surface area contributed by atoms with Crippen molar-refractivity contribution in [1.82, 2.24) is 0 Å². The molecule has 1 saturated carbocycles. The molecule has 0 saturated heterocycles. The van der Waals surface area contributed by atoms with Gasteiger partial charge in [0.2, 0.25) is 0 Å². The van der Waals surface area contributed by atoms with Crippen LogP contribution < -0.4 is 0 Å². The molecule has 0 radical (unpaired) electrons. The fourth-order valence-electron chi connectivity index (χ4n) is 2.50. The van der Waals surface area contributed by atoms with E-state index in [1.54, 1.807) is 12.1 Å². The van der Waals surface area contributed by atoms with Crippen molar-refractivity contribution in [2.24, 2.45) is 5.41 Å². The second kappa shape index (κ2) is 4.60. The molecule has 1 aromatic rings. The van der Waals surface area contributed by atoms with E-state index in [1.807, 2.05) is 32.0 Å². The molecule has 1 aliphatic rings. The minimum absolute atomic E-state index is 0.416. The molecule has 0 aromatic heterocycles. The summed E-state index contributed by atoms with van der Waals surface area (Å²) in [6.07, 6.45) is 0.517. The van der Waals surface area contributed by atoms with Crippen molar-refractivity contribution < 1.29 is 13.7 Å². The van der Waals surface area contributed by atoms with Crippen LogP contribution in [0.25, 0.3) is 0 Å². The highest BCUT2D eigenvalue weighted by molar-refractivity contribution is 7.87. The Labute approximate surface area is 116 Å². The van der Waals surface area contributed by atoms with Crippen molar-refractivity contribution in [3.8, 4) is 0 Å². The average molecular weight is 278 g/mol. The summed E-state index contributed by atoms with van der Waals surface area (Å²) in [5, 5.41) is 0. The number of esters is 1. The van der Waals surface area contributed by atoms with Crippen LogP contribution in [-0.2, 0) is 20.3 Å². The number of allylic oxidation sites excluding steroid dienone is 1. The monoisotopic (exact) mass is 278 g/mol. The van der Waals surface area contributed by atoms with E-state index >= 15 is 0 Å². The lowest BCUT2D eigenvalue weighted by molar-refractivity contribution is -0.141. The van der Waals surface area contributed by atoms with Gasteiger partial charge >= 0.3 is 5.97 Å². The summed E-state index contributed by atoms with van der Waals surface area (Å²) in [5.41, 5.74) is 0.406. The highest BCUT2D eigenvalue weighted by Gasteiger charge is 2.74. The summed E-state index contributed by atoms with van der Waals surface area (Å²) in [6, 6.07) is 9.05. The Hall–Kier alpha value is -1.42. The van der Waals surface area contributed by atoms with Crippen LogP contribution in [0.5, 0.6) is 0 Å². The van der Waals surface area contributed by atoms with E-state index in [4.69, 9.17) is 4.74 Å². The van der Waals surface area contributed by atoms with Crippen LogP contribution in [0.3, 0.4) is 0 Å². The van der Waals surface area contributed by atoms with Crippen molar-refractivity contribution in [2.75, 3.05) is 7.11 Å². The lowest BCUT2D eigenvalue weighted by Crippen LogP contribution is -2.35. The zero-order chi connectivity index (χ0) is 14.3. The number of methoxy groups -OCH3 is 1. The summed E-state index contributed by atoms with van der Waals surface area (Å²) in [7, 11) is -0.101. The Morgan fingerprint density at radius 3 is 2.37 bits per heavy atom. The number of ether oxygens (including phenoxy) is 1. The van der Waals surface area contributed by atoms with E-state index in [0.29, 0.717) is 11.3 Å². The second-order valence-corrected chi connectivity index (χ2v) is 6.90. The minimum Gasteiger partial charge on any atom is -0.468 e. The molecule has 0 N–H and O–H groups in total. The van der Waals surface area contributed by atoms with Crippen LogP contribution in [0.15, 0.2) is 47.4 Å². The SMILES string of the molecule is C=C(C)[C@@]1(C)C[C@]1(C(=O)OC)S(=O)c1ccccc1. The third kappa shape index (κ3) is 1.86. The first-order valence-corrected chi connectivity index (χ1v) is 7.26. The molecule has 4 heteroatoms. The van der Waals surface area contributed by atoms with Crippen LogP contribution in [-0.4, -0.2) is 22.0 Å². The van der Waals surface area contributed by atoms with Gasteiger partial charge in [0, 0.05) is 10.3 Å². The Bertz CT molecular complexity index is 552. The van der Waals surface area contributed by atoms with E-state index in [2.05, 4.69) is 6.58 Å². The van der Waals surface area contributed by atoms with Gasteiger partial charge in [0.15, 0.2) is 4.75 Å². The van der Waals surface area contributed by atoms with E-state index in [9.17, 15) is 9.00 Å². The number of hydrogen-bond donors (Lipinski definition) is 0. The predicted molar refractivity (Wildman–Crippen MR) is 75.1 cm³/mol. The summed E-state index contributed by atoms with van der Waals surface area (Å²) < 4.78 is 16.7. The smallest absolute Gasteiger partial charge is 0.325 e. The minimum atomic E-state index is -1.44. The molecule has 0 heterocycles. The van der Waals surface area contributed by atoms with Crippen molar-refractivity contribution in [2.45, 2.75) is 29.9 Å². The summed E-state index contributed by atoms with van der Waals surface area (Å²) >= 11 is 0. The summed E-state index contributed by atoms with van der Waals surface area (Å²) in [6.45, 7) is 7.73. The normalized spacial score (nSPS) is 30.5. The van der Waals surface area contributed by atoms with Gasteiger partial charge < -0.3 is 4.74 Å². The molecular weight excluding hydrogens is 260 g/mol. The van der Waals surface area contributed by atoms with Gasteiger partial charge in [0.05, 0.1) is 17.9 Å². The number of carbonyl (C=O) groups excluding carboxylic acids is 1. The first-order valence-electron chi connectivity index (χ1n) is 6.11. The quantitative estimate of drug-likeness (QED) is 0.628. The van der Waals surface area contributed by atoms with Gasteiger partial charge in [-0.1, -0.05) is 37.3 Å². The highest BCUT2D eigenvalue weighted by atomic mass is 32.2. The van der Waals surface area contributed by atoms with Gasteiger partial charge in [0.1, 0.15) is 0 Å². The van der Waals surface area contributed by atoms with Crippen LogP contribution in [0.1, 0.15) is 20.3 Å². The molecule has 102 valence electrons. The molecule has 0 aliphatic heterocycles. The third-order valence-corrected chi connectivity index (χ3v) is 6.19. The Kier molecular flexibility index (Phi) is 3.39. The molecule has 3 atom stereocenters.